The molecular formula is C34H45N7O. The molecule has 42 heavy (non-hydrogen) atoms. The lowest BCUT2D eigenvalue weighted by Gasteiger charge is -2.48. The minimum atomic E-state index is -0.389. The summed E-state index contributed by atoms with van der Waals surface area (Å²) in [5.41, 5.74) is 6.11. The Labute approximate surface area is 249 Å². The van der Waals surface area contributed by atoms with Crippen molar-refractivity contribution in [1.29, 1.82) is 0 Å². The Balaban J connectivity index is 1.19. The van der Waals surface area contributed by atoms with E-state index in [9.17, 15) is 4.79 Å². The van der Waals surface area contributed by atoms with Crippen molar-refractivity contribution in [3.8, 4) is 11.3 Å². The number of rotatable bonds is 6. The Morgan fingerprint density at radius 1 is 1.02 bits per heavy atom. The van der Waals surface area contributed by atoms with E-state index in [1.54, 1.807) is 0 Å². The molecule has 1 aromatic carbocycles. The lowest BCUT2D eigenvalue weighted by atomic mass is 9.74. The molecule has 2 saturated heterocycles. The number of anilines is 2. The molecule has 0 unspecified atom stereocenters. The first-order chi connectivity index (χ1) is 20.4. The standard InChI is InChI=1S/C34H45N7O/c1-22(2)40-21-36-29-20-28(37-32(31(29)40)38(3)24-8-9-24)23-7-10-27-30(17-23)41(33(42)34(27)11-13-35-14-12-34)26-18-25(19-26)39-15-5-4-6-16-39/h7,10,17,20-22,24-26,35H,4-6,8-9,11-16,18-19H2,1-3H3/t25-,26+. The van der Waals surface area contributed by atoms with Crippen molar-refractivity contribution < 1.29 is 4.79 Å². The fourth-order valence-corrected chi connectivity index (χ4v) is 8.26. The normalized spacial score (nSPS) is 25.8. The number of hydrogen-bond donors (Lipinski definition) is 1. The maximum absolute atomic E-state index is 14.4. The Bertz CT molecular complexity index is 1510. The SMILES string of the molecule is CC(C)n1cnc2cc(-c3ccc4c(c3)N([C@H]3C[C@@H](N5CCCCC5)C3)C(=O)C43CCNCC3)nc(N(C)C3CC3)c21. The van der Waals surface area contributed by atoms with E-state index in [-0.39, 0.29) is 5.41 Å². The van der Waals surface area contributed by atoms with Gasteiger partial charge >= 0.3 is 0 Å². The number of carbonyl (C=O) groups is 1. The molecule has 1 N–H and O–H groups in total. The zero-order valence-corrected chi connectivity index (χ0v) is 25.5. The zero-order chi connectivity index (χ0) is 28.6. The van der Waals surface area contributed by atoms with E-state index in [0.717, 1.165) is 72.6 Å². The number of amides is 1. The molecule has 3 aliphatic heterocycles. The molecule has 0 atom stereocenters. The Morgan fingerprint density at radius 3 is 2.50 bits per heavy atom. The van der Waals surface area contributed by atoms with E-state index in [1.165, 1.54) is 50.8 Å². The van der Waals surface area contributed by atoms with E-state index in [4.69, 9.17) is 9.97 Å². The maximum Gasteiger partial charge on any atom is 0.238 e. The summed E-state index contributed by atoms with van der Waals surface area (Å²) in [6, 6.07) is 10.7. The first-order valence-electron chi connectivity index (χ1n) is 16.5. The first-order valence-corrected chi connectivity index (χ1v) is 16.5. The Kier molecular flexibility index (Phi) is 6.38. The lowest BCUT2D eigenvalue weighted by Crippen LogP contribution is -2.58. The van der Waals surface area contributed by atoms with Crippen LogP contribution in [0, 0.1) is 0 Å². The molecule has 4 fully saturated rings. The van der Waals surface area contributed by atoms with Gasteiger partial charge in [0, 0.05) is 42.5 Å². The van der Waals surface area contributed by atoms with Gasteiger partial charge in [-0.1, -0.05) is 18.6 Å². The van der Waals surface area contributed by atoms with Gasteiger partial charge in [0.2, 0.25) is 5.91 Å². The van der Waals surface area contributed by atoms with E-state index >= 15 is 0 Å². The number of imidazole rings is 1. The topological polar surface area (TPSA) is 69.5 Å². The molecule has 5 aliphatic rings. The Morgan fingerprint density at radius 2 is 1.79 bits per heavy atom. The van der Waals surface area contributed by atoms with Gasteiger partial charge in [0.25, 0.3) is 0 Å². The number of piperidine rings is 2. The average molecular weight is 568 g/mol. The molecule has 2 aliphatic carbocycles. The van der Waals surface area contributed by atoms with E-state index in [0.29, 0.717) is 30.1 Å². The molecule has 0 radical (unpaired) electrons. The van der Waals surface area contributed by atoms with Crippen molar-refractivity contribution in [3.05, 3.63) is 36.2 Å². The van der Waals surface area contributed by atoms with Crippen molar-refractivity contribution in [2.75, 3.05) is 43.0 Å². The molecule has 2 aromatic heterocycles. The summed E-state index contributed by atoms with van der Waals surface area (Å²) in [5, 5.41) is 3.50. The number of aromatic nitrogens is 3. The summed E-state index contributed by atoms with van der Waals surface area (Å²) in [6.07, 6.45) is 12.3. The highest BCUT2D eigenvalue weighted by molar-refractivity contribution is 6.09. The third-order valence-electron chi connectivity index (χ3n) is 11.0. The number of pyridine rings is 1. The van der Waals surface area contributed by atoms with Crippen molar-refractivity contribution in [3.63, 3.8) is 0 Å². The van der Waals surface area contributed by atoms with Crippen molar-refractivity contribution in [2.45, 2.75) is 101 Å². The fraction of sp³-hybridized carbons (Fsp3) is 0.618. The summed E-state index contributed by atoms with van der Waals surface area (Å²) in [7, 11) is 2.18. The van der Waals surface area contributed by atoms with Crippen LogP contribution >= 0.6 is 0 Å². The van der Waals surface area contributed by atoms with Gasteiger partial charge in [-0.05, 0) is 109 Å². The van der Waals surface area contributed by atoms with Gasteiger partial charge in [-0.25, -0.2) is 9.97 Å². The van der Waals surface area contributed by atoms with Crippen molar-refractivity contribution in [1.82, 2.24) is 24.8 Å². The number of nitrogens with one attached hydrogen (secondary N) is 1. The van der Waals surface area contributed by atoms with Crippen LogP contribution in [0.2, 0.25) is 0 Å². The highest BCUT2D eigenvalue weighted by Crippen LogP contribution is 2.51. The number of nitrogens with zero attached hydrogens (tertiary/aromatic N) is 6. The van der Waals surface area contributed by atoms with Crippen LogP contribution in [-0.2, 0) is 10.2 Å². The molecule has 3 aromatic rings. The van der Waals surface area contributed by atoms with E-state index in [1.807, 2.05) is 6.33 Å². The second kappa shape index (κ2) is 10.1. The Hall–Kier alpha value is -2.97. The largest absolute Gasteiger partial charge is 0.355 e. The van der Waals surface area contributed by atoms with E-state index < -0.39 is 0 Å². The number of benzene rings is 1. The summed E-state index contributed by atoms with van der Waals surface area (Å²) >= 11 is 0. The second-order valence-electron chi connectivity index (χ2n) is 13.9. The molecule has 1 spiro atoms. The number of hydrogen-bond acceptors (Lipinski definition) is 6. The minimum Gasteiger partial charge on any atom is -0.355 e. The molecule has 8 nitrogen and oxygen atoms in total. The number of carbonyl (C=O) groups excluding carboxylic acids is 1. The highest BCUT2D eigenvalue weighted by atomic mass is 16.2. The van der Waals surface area contributed by atoms with Crippen LogP contribution in [0.3, 0.4) is 0 Å². The van der Waals surface area contributed by atoms with Crippen LogP contribution in [0.5, 0.6) is 0 Å². The summed E-state index contributed by atoms with van der Waals surface area (Å²) < 4.78 is 2.25. The van der Waals surface area contributed by atoms with Crippen LogP contribution in [-0.4, -0.2) is 76.7 Å². The average Bonchev–Trinajstić information content (AvgIpc) is 3.71. The summed E-state index contributed by atoms with van der Waals surface area (Å²) in [5.74, 6) is 1.36. The molecule has 8 heteroatoms. The smallest absolute Gasteiger partial charge is 0.238 e. The monoisotopic (exact) mass is 567 g/mol. The van der Waals surface area contributed by atoms with Crippen LogP contribution in [0.4, 0.5) is 11.5 Å². The van der Waals surface area contributed by atoms with Gasteiger partial charge in [0.15, 0.2) is 5.82 Å². The van der Waals surface area contributed by atoms with Gasteiger partial charge in [0.05, 0.1) is 23.0 Å². The van der Waals surface area contributed by atoms with Gasteiger partial charge in [-0.15, -0.1) is 0 Å². The quantitative estimate of drug-likeness (QED) is 0.438. The van der Waals surface area contributed by atoms with Gasteiger partial charge in [-0.2, -0.15) is 0 Å². The maximum atomic E-state index is 14.4. The van der Waals surface area contributed by atoms with Gasteiger partial charge in [-0.3, -0.25) is 4.79 Å². The first kappa shape index (κ1) is 26.6. The molecule has 1 amide bonds. The van der Waals surface area contributed by atoms with E-state index in [2.05, 4.69) is 69.7 Å². The number of fused-ring (bicyclic) bond motifs is 3. The molecule has 0 bridgehead atoms. The van der Waals surface area contributed by atoms with Crippen LogP contribution < -0.4 is 15.1 Å². The fourth-order valence-electron chi connectivity index (χ4n) is 8.26. The highest BCUT2D eigenvalue weighted by Gasteiger charge is 2.54. The molecule has 8 rings (SSSR count). The third kappa shape index (κ3) is 4.12. The zero-order valence-electron chi connectivity index (χ0n) is 25.5. The predicted octanol–water partition coefficient (Wildman–Crippen LogP) is 5.26. The van der Waals surface area contributed by atoms with Crippen LogP contribution in [0.15, 0.2) is 30.6 Å². The van der Waals surface area contributed by atoms with Crippen molar-refractivity contribution in [2.24, 2.45) is 0 Å². The van der Waals surface area contributed by atoms with Crippen molar-refractivity contribution >= 4 is 28.4 Å². The van der Waals surface area contributed by atoms with Crippen LogP contribution in [0.25, 0.3) is 22.3 Å². The third-order valence-corrected chi connectivity index (χ3v) is 11.0. The molecule has 2 saturated carbocycles. The summed E-state index contributed by atoms with van der Waals surface area (Å²) in [6.45, 7) is 8.65. The predicted molar refractivity (Wildman–Crippen MR) is 168 cm³/mol. The number of likely N-dealkylation sites (tertiary alicyclic amines) is 1. The minimum absolute atomic E-state index is 0.293. The van der Waals surface area contributed by atoms with Gasteiger partial charge < -0.3 is 24.6 Å². The summed E-state index contributed by atoms with van der Waals surface area (Å²) in [4.78, 5) is 31.9. The molecule has 222 valence electrons. The lowest BCUT2D eigenvalue weighted by molar-refractivity contribution is -0.125. The molecular weight excluding hydrogens is 522 g/mol. The molecule has 5 heterocycles. The van der Waals surface area contributed by atoms with Gasteiger partial charge in [0.1, 0.15) is 5.52 Å². The van der Waals surface area contributed by atoms with Crippen LogP contribution in [0.1, 0.15) is 83.2 Å². The second-order valence-corrected chi connectivity index (χ2v) is 13.9.